The number of hydrogen-bond acceptors (Lipinski definition) is 7. The quantitative estimate of drug-likeness (QED) is 0.285. The van der Waals surface area contributed by atoms with Gasteiger partial charge >= 0.3 is 6.01 Å². The highest BCUT2D eigenvalue weighted by Crippen LogP contribution is 2.43. The Bertz CT molecular complexity index is 1820. The first-order valence-corrected chi connectivity index (χ1v) is 15.0. The van der Waals surface area contributed by atoms with Gasteiger partial charge in [0.1, 0.15) is 35.7 Å². The lowest BCUT2D eigenvalue weighted by atomic mass is 9.92. The Hall–Kier alpha value is -3.77. The average molecular weight is 612 g/mol. The van der Waals surface area contributed by atoms with Gasteiger partial charge in [0.2, 0.25) is 0 Å². The number of rotatable bonds is 5. The largest absolute Gasteiger partial charge is 0.508 e. The van der Waals surface area contributed by atoms with Crippen molar-refractivity contribution in [2.45, 2.75) is 55.9 Å². The highest BCUT2D eigenvalue weighted by atomic mass is 19.2. The maximum absolute atomic E-state index is 16.7. The summed E-state index contributed by atoms with van der Waals surface area (Å²) in [6, 6.07) is 5.53. The SMILES string of the molecule is Oc1cc(-c2c(F)cc3c(N4C[C@@H]5CCC4CN5)nc(OC[C@@]45CCCN4C[C@H](F)C5)nc3c2F)c2c(F)c(F)ccc2c1. The number of anilines is 1. The van der Waals surface area contributed by atoms with Crippen molar-refractivity contribution in [3.8, 4) is 22.9 Å². The minimum absolute atomic E-state index is 0.0369. The first-order valence-electron chi connectivity index (χ1n) is 15.0. The van der Waals surface area contributed by atoms with Crippen LogP contribution in [0.1, 0.15) is 32.1 Å². The fourth-order valence-corrected chi connectivity index (χ4v) is 7.88. The van der Waals surface area contributed by atoms with E-state index >= 15 is 13.2 Å². The van der Waals surface area contributed by atoms with E-state index in [0.717, 1.165) is 50.4 Å². The summed E-state index contributed by atoms with van der Waals surface area (Å²) in [7, 11) is 0. The Labute approximate surface area is 249 Å². The summed E-state index contributed by atoms with van der Waals surface area (Å²) < 4.78 is 82.7. The standard InChI is InChI=1S/C32H30F5N5O2/c33-17-11-32(6-1-7-41(32)13-17)15-44-31-39-29-22(30(40-31)42-14-18-3-4-19(42)12-38-18)10-24(35)26(28(29)37)21-9-20(43)8-16-2-5-23(34)27(36)25(16)21/h2,5,8-10,17-19,38,43H,1,3-4,6-7,11-15H2/t17-,18+,19?,32+/m1/s1. The van der Waals surface area contributed by atoms with Crippen LogP contribution >= 0.6 is 0 Å². The van der Waals surface area contributed by atoms with Gasteiger partial charge in [0.05, 0.1) is 11.1 Å². The number of fused-ring (bicyclic) bond motifs is 6. The van der Waals surface area contributed by atoms with E-state index in [1.165, 1.54) is 12.1 Å². The molecule has 12 heteroatoms. The fourth-order valence-electron chi connectivity index (χ4n) is 7.88. The van der Waals surface area contributed by atoms with Gasteiger partial charge in [0.25, 0.3) is 0 Å². The van der Waals surface area contributed by atoms with Gasteiger partial charge in [0.15, 0.2) is 17.5 Å². The smallest absolute Gasteiger partial charge is 0.319 e. The molecule has 1 aromatic heterocycles. The molecule has 4 atom stereocenters. The summed E-state index contributed by atoms with van der Waals surface area (Å²) in [4.78, 5) is 13.2. The van der Waals surface area contributed by atoms with Crippen molar-refractivity contribution >= 4 is 27.5 Å². The number of piperazine rings is 1. The molecule has 0 saturated carbocycles. The second-order valence-corrected chi connectivity index (χ2v) is 12.6. The zero-order chi connectivity index (χ0) is 30.3. The van der Waals surface area contributed by atoms with E-state index in [1.807, 2.05) is 4.90 Å². The molecule has 5 fully saturated rings. The van der Waals surface area contributed by atoms with Crippen LogP contribution in [-0.4, -0.2) is 76.6 Å². The lowest BCUT2D eigenvalue weighted by Crippen LogP contribution is -2.61. The number of ether oxygens (including phenoxy) is 1. The normalized spacial score (nSPS) is 26.7. The molecular weight excluding hydrogens is 581 g/mol. The average Bonchev–Trinajstić information content (AvgIpc) is 3.54. The molecule has 0 aliphatic carbocycles. The fraction of sp³-hybridized carbons (Fsp3) is 0.438. The molecule has 0 spiro atoms. The van der Waals surface area contributed by atoms with E-state index in [9.17, 15) is 13.9 Å². The van der Waals surface area contributed by atoms with E-state index in [1.54, 1.807) is 0 Å². The van der Waals surface area contributed by atoms with Crippen LogP contribution in [0.5, 0.6) is 11.8 Å². The van der Waals surface area contributed by atoms with E-state index in [4.69, 9.17) is 4.74 Å². The van der Waals surface area contributed by atoms with Crippen molar-refractivity contribution in [2.24, 2.45) is 0 Å². The van der Waals surface area contributed by atoms with E-state index in [0.29, 0.717) is 31.9 Å². The van der Waals surface area contributed by atoms with Crippen molar-refractivity contribution in [1.29, 1.82) is 0 Å². The Kier molecular flexibility index (Phi) is 6.39. The van der Waals surface area contributed by atoms with E-state index in [-0.39, 0.29) is 57.7 Å². The van der Waals surface area contributed by atoms with Crippen LogP contribution in [0.2, 0.25) is 0 Å². The molecule has 6 heterocycles. The van der Waals surface area contributed by atoms with Gasteiger partial charge in [-0.1, -0.05) is 6.07 Å². The number of nitrogens with zero attached hydrogens (tertiary/aromatic N) is 4. The van der Waals surface area contributed by atoms with Crippen molar-refractivity contribution < 1.29 is 31.8 Å². The van der Waals surface area contributed by atoms with Crippen LogP contribution < -0.4 is 15.0 Å². The molecule has 5 saturated heterocycles. The topological polar surface area (TPSA) is 73.8 Å². The predicted molar refractivity (Wildman–Crippen MR) is 155 cm³/mol. The Morgan fingerprint density at radius 3 is 2.66 bits per heavy atom. The summed E-state index contributed by atoms with van der Waals surface area (Å²) in [6.07, 6.45) is 2.87. The van der Waals surface area contributed by atoms with Crippen LogP contribution in [0.4, 0.5) is 27.8 Å². The zero-order valence-corrected chi connectivity index (χ0v) is 23.7. The Morgan fingerprint density at radius 1 is 1.02 bits per heavy atom. The van der Waals surface area contributed by atoms with Gasteiger partial charge in [-0.3, -0.25) is 4.90 Å². The molecule has 0 amide bonds. The molecule has 44 heavy (non-hydrogen) atoms. The first kappa shape index (κ1) is 27.8. The van der Waals surface area contributed by atoms with Crippen molar-refractivity contribution in [3.05, 3.63) is 53.6 Å². The summed E-state index contributed by atoms with van der Waals surface area (Å²) >= 11 is 0. The number of piperidine rings is 2. The Balaban J connectivity index is 1.30. The first-order chi connectivity index (χ1) is 21.2. The maximum atomic E-state index is 16.7. The molecule has 0 radical (unpaired) electrons. The lowest BCUT2D eigenvalue weighted by molar-refractivity contribution is 0.107. The molecular formula is C32H30F5N5O2. The number of hydrogen-bond donors (Lipinski definition) is 2. The molecule has 230 valence electrons. The lowest BCUT2D eigenvalue weighted by Gasteiger charge is -2.46. The molecule has 4 aromatic rings. The van der Waals surface area contributed by atoms with Gasteiger partial charge in [-0.05, 0) is 61.9 Å². The minimum atomic E-state index is -1.29. The number of halogens is 5. The van der Waals surface area contributed by atoms with Crippen LogP contribution in [0.3, 0.4) is 0 Å². The number of aromatic hydroxyl groups is 1. The molecule has 2 bridgehead atoms. The molecule has 1 unspecified atom stereocenters. The highest BCUT2D eigenvalue weighted by Gasteiger charge is 2.49. The minimum Gasteiger partial charge on any atom is -0.508 e. The van der Waals surface area contributed by atoms with Crippen molar-refractivity contribution in [2.75, 3.05) is 37.7 Å². The third kappa shape index (κ3) is 4.28. The maximum Gasteiger partial charge on any atom is 0.319 e. The number of nitrogens with one attached hydrogen (secondary N) is 1. The molecule has 2 N–H and O–H groups in total. The third-order valence-corrected chi connectivity index (χ3v) is 9.95. The monoisotopic (exact) mass is 611 g/mol. The number of benzene rings is 3. The van der Waals surface area contributed by atoms with Gasteiger partial charge in [0, 0.05) is 54.5 Å². The number of alkyl halides is 1. The van der Waals surface area contributed by atoms with E-state index < -0.39 is 40.5 Å². The zero-order valence-electron chi connectivity index (χ0n) is 23.7. The molecule has 5 aliphatic rings. The van der Waals surface area contributed by atoms with Gasteiger partial charge in [-0.25, -0.2) is 22.0 Å². The molecule has 5 aliphatic heterocycles. The third-order valence-electron chi connectivity index (χ3n) is 9.95. The van der Waals surface area contributed by atoms with Gasteiger partial charge < -0.3 is 20.1 Å². The van der Waals surface area contributed by atoms with Crippen LogP contribution in [0.25, 0.3) is 32.8 Å². The Morgan fingerprint density at radius 2 is 1.89 bits per heavy atom. The summed E-state index contributed by atoms with van der Waals surface area (Å²) in [5, 5.41) is 13.6. The summed E-state index contributed by atoms with van der Waals surface area (Å²) in [6.45, 7) is 2.48. The van der Waals surface area contributed by atoms with Crippen molar-refractivity contribution in [3.63, 3.8) is 0 Å². The second kappa shape index (κ2) is 10.1. The number of phenolic OH excluding ortho intramolecular Hbond substituents is 1. The van der Waals surface area contributed by atoms with E-state index in [2.05, 4.69) is 20.2 Å². The van der Waals surface area contributed by atoms with Crippen molar-refractivity contribution in [1.82, 2.24) is 20.2 Å². The highest BCUT2D eigenvalue weighted by molar-refractivity contribution is 6.02. The number of aromatic nitrogens is 2. The predicted octanol–water partition coefficient (Wildman–Crippen LogP) is 5.61. The van der Waals surface area contributed by atoms with Crippen LogP contribution in [0.15, 0.2) is 30.3 Å². The van der Waals surface area contributed by atoms with Crippen LogP contribution in [-0.2, 0) is 0 Å². The van der Waals surface area contributed by atoms with Gasteiger partial charge in [-0.15, -0.1) is 0 Å². The summed E-state index contributed by atoms with van der Waals surface area (Å²) in [5.41, 5.74) is -1.75. The summed E-state index contributed by atoms with van der Waals surface area (Å²) in [5.74, 6) is -4.69. The van der Waals surface area contributed by atoms with Gasteiger partial charge in [-0.2, -0.15) is 9.97 Å². The molecule has 3 aromatic carbocycles. The molecule has 9 rings (SSSR count). The van der Waals surface area contributed by atoms with Crippen LogP contribution in [0, 0.1) is 23.3 Å². The second-order valence-electron chi connectivity index (χ2n) is 12.6. The number of phenols is 1. The molecule has 7 nitrogen and oxygen atoms in total.